The Balaban J connectivity index is 1.92. The number of ketones is 1. The predicted molar refractivity (Wildman–Crippen MR) is 54.0 cm³/mol. The van der Waals surface area contributed by atoms with Crippen LogP contribution in [0.3, 0.4) is 0 Å². The summed E-state index contributed by atoms with van der Waals surface area (Å²) in [6, 6.07) is 0.413. The Morgan fingerprint density at radius 1 is 1.43 bits per heavy atom. The number of Topliss-reactive ketones (excluding diaryl/α,β-unsaturated/α-hetero) is 1. The summed E-state index contributed by atoms with van der Waals surface area (Å²) in [5, 5.41) is 9.64. The molecule has 0 aromatic carbocycles. The third kappa shape index (κ3) is 1.98. The monoisotopic (exact) mass is 197 g/mol. The molecule has 14 heavy (non-hydrogen) atoms. The van der Waals surface area contributed by atoms with Gasteiger partial charge in [-0.3, -0.25) is 9.69 Å². The third-order valence-corrected chi connectivity index (χ3v) is 3.57. The zero-order chi connectivity index (χ0) is 10.1. The van der Waals surface area contributed by atoms with Crippen LogP contribution in [-0.4, -0.2) is 41.0 Å². The Labute approximate surface area is 85.1 Å². The number of carbonyl (C=O) groups excluding carboxylic acids is 1. The van der Waals surface area contributed by atoms with Crippen molar-refractivity contribution in [1.29, 1.82) is 0 Å². The molecule has 3 heteroatoms. The average molecular weight is 197 g/mol. The molecule has 0 aromatic heterocycles. The summed E-state index contributed by atoms with van der Waals surface area (Å²) in [5.74, 6) is 0.766. The molecule has 2 fully saturated rings. The molecule has 0 aromatic rings. The van der Waals surface area contributed by atoms with Crippen LogP contribution < -0.4 is 0 Å². The van der Waals surface area contributed by atoms with Crippen LogP contribution in [0.5, 0.6) is 0 Å². The van der Waals surface area contributed by atoms with Gasteiger partial charge in [0.15, 0.2) is 0 Å². The van der Waals surface area contributed by atoms with E-state index in [-0.39, 0.29) is 6.10 Å². The summed E-state index contributed by atoms with van der Waals surface area (Å²) in [5.41, 5.74) is 0. The molecule has 0 bridgehead atoms. The molecule has 80 valence electrons. The van der Waals surface area contributed by atoms with Gasteiger partial charge in [-0.05, 0) is 18.8 Å². The van der Waals surface area contributed by atoms with Gasteiger partial charge in [0, 0.05) is 32.0 Å². The smallest absolute Gasteiger partial charge is 0.134 e. The molecule has 1 aliphatic carbocycles. The molecule has 0 radical (unpaired) electrons. The highest BCUT2D eigenvalue weighted by atomic mass is 16.3. The van der Waals surface area contributed by atoms with Crippen LogP contribution in [0.15, 0.2) is 0 Å². The first-order chi connectivity index (χ1) is 6.66. The fourth-order valence-corrected chi connectivity index (χ4v) is 2.60. The number of aliphatic hydroxyl groups is 1. The van der Waals surface area contributed by atoms with Crippen molar-refractivity contribution in [3.05, 3.63) is 0 Å². The van der Waals surface area contributed by atoms with Gasteiger partial charge in [-0.2, -0.15) is 0 Å². The van der Waals surface area contributed by atoms with Crippen LogP contribution in [0.2, 0.25) is 0 Å². The van der Waals surface area contributed by atoms with Gasteiger partial charge in [0.05, 0.1) is 6.10 Å². The van der Waals surface area contributed by atoms with Crippen molar-refractivity contribution in [3.63, 3.8) is 0 Å². The molecule has 3 nitrogen and oxygen atoms in total. The number of carbonyl (C=O) groups is 1. The maximum Gasteiger partial charge on any atom is 0.134 e. The van der Waals surface area contributed by atoms with E-state index in [1.165, 1.54) is 0 Å². The van der Waals surface area contributed by atoms with Crippen molar-refractivity contribution in [2.75, 3.05) is 13.1 Å². The largest absolute Gasteiger partial charge is 0.391 e. The highest BCUT2D eigenvalue weighted by molar-refractivity contribution is 5.79. The molecule has 2 aliphatic rings. The first-order valence-electron chi connectivity index (χ1n) is 5.60. The lowest BCUT2D eigenvalue weighted by Crippen LogP contribution is -2.38. The maximum absolute atomic E-state index is 11.3. The summed E-state index contributed by atoms with van der Waals surface area (Å²) in [4.78, 5) is 13.6. The quantitative estimate of drug-likeness (QED) is 0.676. The van der Waals surface area contributed by atoms with E-state index >= 15 is 0 Å². The molecule has 3 atom stereocenters. The predicted octanol–water partition coefficient (Wildman–Crippen LogP) is 0.811. The van der Waals surface area contributed by atoms with Crippen LogP contribution in [0.1, 0.15) is 32.6 Å². The van der Waals surface area contributed by atoms with E-state index in [1.807, 2.05) is 0 Å². The van der Waals surface area contributed by atoms with E-state index in [0.29, 0.717) is 24.2 Å². The van der Waals surface area contributed by atoms with E-state index in [2.05, 4.69) is 11.8 Å². The van der Waals surface area contributed by atoms with E-state index < -0.39 is 0 Å². The van der Waals surface area contributed by atoms with Gasteiger partial charge < -0.3 is 5.11 Å². The van der Waals surface area contributed by atoms with Gasteiger partial charge in [-0.25, -0.2) is 0 Å². The Morgan fingerprint density at radius 2 is 2.21 bits per heavy atom. The molecule has 1 aliphatic heterocycles. The zero-order valence-corrected chi connectivity index (χ0v) is 8.78. The van der Waals surface area contributed by atoms with Crippen LogP contribution in [-0.2, 0) is 4.79 Å². The molecule has 0 amide bonds. The number of rotatable bonds is 1. The van der Waals surface area contributed by atoms with E-state index in [9.17, 15) is 9.90 Å². The second-order valence-corrected chi connectivity index (χ2v) is 4.79. The molecular weight excluding hydrogens is 178 g/mol. The van der Waals surface area contributed by atoms with Gasteiger partial charge in [0.1, 0.15) is 5.78 Å². The molecule has 1 N–H and O–H groups in total. The average Bonchev–Trinajstić information content (AvgIpc) is 2.47. The topological polar surface area (TPSA) is 40.5 Å². The molecule has 3 unspecified atom stereocenters. The Kier molecular flexibility index (Phi) is 2.88. The minimum Gasteiger partial charge on any atom is -0.391 e. The first-order valence-corrected chi connectivity index (χ1v) is 5.60. The number of likely N-dealkylation sites (tertiary alicyclic amines) is 1. The van der Waals surface area contributed by atoms with Crippen LogP contribution >= 0.6 is 0 Å². The number of hydrogen-bond acceptors (Lipinski definition) is 3. The lowest BCUT2D eigenvalue weighted by molar-refractivity contribution is -0.121. The van der Waals surface area contributed by atoms with E-state index in [1.54, 1.807) is 0 Å². The maximum atomic E-state index is 11.3. The second-order valence-electron chi connectivity index (χ2n) is 4.79. The minimum atomic E-state index is -0.188. The summed E-state index contributed by atoms with van der Waals surface area (Å²) in [6.45, 7) is 3.80. The fourth-order valence-electron chi connectivity index (χ4n) is 2.60. The van der Waals surface area contributed by atoms with Gasteiger partial charge in [0.25, 0.3) is 0 Å². The number of aliphatic hydroxyl groups excluding tert-OH is 1. The van der Waals surface area contributed by atoms with Gasteiger partial charge >= 0.3 is 0 Å². The fraction of sp³-hybridized carbons (Fsp3) is 0.909. The number of β-amino-alcohol motifs (C(OH)–C–C–N with tert-alkyl or cyclic N) is 1. The van der Waals surface area contributed by atoms with Gasteiger partial charge in [0.2, 0.25) is 0 Å². The van der Waals surface area contributed by atoms with E-state index in [4.69, 9.17) is 0 Å². The van der Waals surface area contributed by atoms with Crippen molar-refractivity contribution < 1.29 is 9.90 Å². The van der Waals surface area contributed by atoms with Crippen molar-refractivity contribution in [2.45, 2.75) is 44.8 Å². The van der Waals surface area contributed by atoms with Crippen LogP contribution in [0.4, 0.5) is 0 Å². The van der Waals surface area contributed by atoms with Crippen molar-refractivity contribution >= 4 is 5.78 Å². The lowest BCUT2D eigenvalue weighted by atomic mass is 9.93. The Morgan fingerprint density at radius 3 is 2.79 bits per heavy atom. The van der Waals surface area contributed by atoms with Crippen LogP contribution in [0.25, 0.3) is 0 Å². The summed E-state index contributed by atoms with van der Waals surface area (Å²) >= 11 is 0. The summed E-state index contributed by atoms with van der Waals surface area (Å²) in [6.07, 6.45) is 3.45. The first kappa shape index (κ1) is 10.1. The standard InChI is InChI=1S/C11H19NO2/c1-8-6-12(7-11(8)14)9-3-2-4-10(13)5-9/h8-9,11,14H,2-7H2,1H3. The second kappa shape index (κ2) is 3.99. The lowest BCUT2D eigenvalue weighted by Gasteiger charge is -2.30. The normalized spacial score (nSPS) is 40.4. The molecular formula is C11H19NO2. The highest BCUT2D eigenvalue weighted by Gasteiger charge is 2.34. The van der Waals surface area contributed by atoms with Gasteiger partial charge in [-0.15, -0.1) is 0 Å². The molecule has 0 spiro atoms. The van der Waals surface area contributed by atoms with Crippen molar-refractivity contribution in [1.82, 2.24) is 4.90 Å². The number of nitrogens with zero attached hydrogens (tertiary/aromatic N) is 1. The third-order valence-electron chi connectivity index (χ3n) is 3.57. The molecule has 1 heterocycles. The van der Waals surface area contributed by atoms with Crippen molar-refractivity contribution in [3.8, 4) is 0 Å². The van der Waals surface area contributed by atoms with Crippen LogP contribution in [0, 0.1) is 5.92 Å². The summed E-state index contributed by atoms with van der Waals surface area (Å²) < 4.78 is 0. The van der Waals surface area contributed by atoms with Gasteiger partial charge in [-0.1, -0.05) is 6.92 Å². The Bertz CT molecular complexity index is 219. The molecule has 2 rings (SSSR count). The SMILES string of the molecule is CC1CN(C2CCCC(=O)C2)CC1O. The number of hydrogen-bond donors (Lipinski definition) is 1. The Hall–Kier alpha value is -0.410. The minimum absolute atomic E-state index is 0.188. The van der Waals surface area contributed by atoms with Crippen molar-refractivity contribution in [2.24, 2.45) is 5.92 Å². The highest BCUT2D eigenvalue weighted by Crippen LogP contribution is 2.26. The summed E-state index contributed by atoms with van der Waals surface area (Å²) in [7, 11) is 0. The zero-order valence-electron chi connectivity index (χ0n) is 8.78. The van der Waals surface area contributed by atoms with E-state index in [0.717, 1.165) is 32.4 Å². The molecule has 1 saturated carbocycles. The molecule has 1 saturated heterocycles.